The summed E-state index contributed by atoms with van der Waals surface area (Å²) in [5.41, 5.74) is 2.64. The van der Waals surface area contributed by atoms with Gasteiger partial charge in [0.15, 0.2) is 0 Å². The molecule has 0 bridgehead atoms. The number of aryl methyl sites for hydroxylation is 1. The SMILES string of the molecule is Cc1cc(Br)ccc1Nc1ccnc(NCc2ccccc2F)n1. The summed E-state index contributed by atoms with van der Waals surface area (Å²) in [6, 6.07) is 14.4. The zero-order valence-electron chi connectivity index (χ0n) is 13.1. The number of aromatic nitrogens is 2. The summed E-state index contributed by atoms with van der Waals surface area (Å²) in [6.07, 6.45) is 1.66. The second-order valence-electron chi connectivity index (χ2n) is 5.29. The monoisotopic (exact) mass is 386 g/mol. The maximum atomic E-state index is 13.6. The number of hydrogen-bond donors (Lipinski definition) is 2. The van der Waals surface area contributed by atoms with Gasteiger partial charge in [0.1, 0.15) is 11.6 Å². The van der Waals surface area contributed by atoms with Crippen molar-refractivity contribution in [3.63, 3.8) is 0 Å². The first-order chi connectivity index (χ1) is 11.6. The van der Waals surface area contributed by atoms with E-state index in [0.717, 1.165) is 15.7 Å². The van der Waals surface area contributed by atoms with Gasteiger partial charge in [-0.15, -0.1) is 0 Å². The second-order valence-corrected chi connectivity index (χ2v) is 6.21. The van der Waals surface area contributed by atoms with Gasteiger partial charge in [0.25, 0.3) is 0 Å². The van der Waals surface area contributed by atoms with Crippen molar-refractivity contribution in [3.05, 3.63) is 76.1 Å². The first-order valence-electron chi connectivity index (χ1n) is 7.45. The molecule has 4 nitrogen and oxygen atoms in total. The maximum absolute atomic E-state index is 13.6. The Balaban J connectivity index is 1.71. The molecule has 0 saturated heterocycles. The fourth-order valence-corrected chi connectivity index (χ4v) is 2.71. The summed E-state index contributed by atoms with van der Waals surface area (Å²) in [6.45, 7) is 2.35. The smallest absolute Gasteiger partial charge is 0.224 e. The van der Waals surface area contributed by atoms with Gasteiger partial charge in [0.05, 0.1) is 0 Å². The van der Waals surface area contributed by atoms with E-state index in [1.807, 2.05) is 25.1 Å². The van der Waals surface area contributed by atoms with Crippen molar-refractivity contribution in [2.75, 3.05) is 10.6 Å². The van der Waals surface area contributed by atoms with Crippen LogP contribution in [0.15, 0.2) is 59.2 Å². The van der Waals surface area contributed by atoms with Crippen LogP contribution in [0.5, 0.6) is 0 Å². The van der Waals surface area contributed by atoms with Crippen LogP contribution in [-0.4, -0.2) is 9.97 Å². The van der Waals surface area contributed by atoms with Crippen LogP contribution in [0.3, 0.4) is 0 Å². The summed E-state index contributed by atoms with van der Waals surface area (Å²) < 4.78 is 14.7. The Morgan fingerprint density at radius 1 is 1.12 bits per heavy atom. The molecule has 2 aromatic carbocycles. The van der Waals surface area contributed by atoms with E-state index in [9.17, 15) is 4.39 Å². The summed E-state index contributed by atoms with van der Waals surface area (Å²) in [4.78, 5) is 8.58. The molecule has 122 valence electrons. The second kappa shape index (κ2) is 7.40. The number of nitrogens with one attached hydrogen (secondary N) is 2. The van der Waals surface area contributed by atoms with Gasteiger partial charge in [-0.3, -0.25) is 0 Å². The van der Waals surface area contributed by atoms with Crippen molar-refractivity contribution in [3.8, 4) is 0 Å². The molecule has 0 unspecified atom stereocenters. The number of rotatable bonds is 5. The van der Waals surface area contributed by atoms with Gasteiger partial charge in [-0.2, -0.15) is 4.98 Å². The van der Waals surface area contributed by atoms with Crippen LogP contribution in [0.2, 0.25) is 0 Å². The van der Waals surface area contributed by atoms with E-state index in [1.165, 1.54) is 6.07 Å². The van der Waals surface area contributed by atoms with Crippen molar-refractivity contribution in [1.82, 2.24) is 9.97 Å². The zero-order valence-corrected chi connectivity index (χ0v) is 14.6. The topological polar surface area (TPSA) is 49.8 Å². The Bertz CT molecular complexity index is 854. The molecular formula is C18H16BrFN4. The Kier molecular flexibility index (Phi) is 5.05. The third-order valence-corrected chi connectivity index (χ3v) is 3.99. The fourth-order valence-electron chi connectivity index (χ4n) is 2.23. The molecule has 1 heterocycles. The van der Waals surface area contributed by atoms with E-state index >= 15 is 0 Å². The molecule has 0 aliphatic heterocycles. The largest absolute Gasteiger partial charge is 0.350 e. The standard InChI is InChI=1S/C18H16BrFN4/c1-12-10-14(19)6-7-16(12)23-17-8-9-21-18(24-17)22-11-13-4-2-3-5-15(13)20/h2-10H,11H2,1H3,(H2,21,22,23,24). The Labute approximate surface area is 148 Å². The van der Waals surface area contributed by atoms with Crippen LogP contribution in [-0.2, 0) is 6.54 Å². The van der Waals surface area contributed by atoms with Crippen LogP contribution in [0.4, 0.5) is 21.8 Å². The van der Waals surface area contributed by atoms with Crippen molar-refractivity contribution < 1.29 is 4.39 Å². The molecule has 1 aromatic heterocycles. The van der Waals surface area contributed by atoms with Crippen LogP contribution < -0.4 is 10.6 Å². The molecular weight excluding hydrogens is 371 g/mol. The normalized spacial score (nSPS) is 10.5. The molecule has 0 atom stereocenters. The highest BCUT2D eigenvalue weighted by molar-refractivity contribution is 9.10. The molecule has 0 fully saturated rings. The summed E-state index contributed by atoms with van der Waals surface area (Å²) in [5.74, 6) is 0.870. The Hall–Kier alpha value is -2.47. The molecule has 0 saturated carbocycles. The lowest BCUT2D eigenvalue weighted by molar-refractivity contribution is 0.612. The van der Waals surface area contributed by atoms with Crippen molar-refractivity contribution in [2.24, 2.45) is 0 Å². The highest BCUT2D eigenvalue weighted by atomic mass is 79.9. The number of nitrogens with zero attached hydrogens (tertiary/aromatic N) is 2. The number of halogens is 2. The van der Waals surface area contributed by atoms with E-state index in [4.69, 9.17) is 0 Å². The first-order valence-corrected chi connectivity index (χ1v) is 8.24. The Morgan fingerprint density at radius 2 is 1.96 bits per heavy atom. The van der Waals surface area contributed by atoms with Gasteiger partial charge in [0, 0.05) is 28.5 Å². The molecule has 0 radical (unpaired) electrons. The highest BCUT2D eigenvalue weighted by Crippen LogP contribution is 2.23. The predicted molar refractivity (Wildman–Crippen MR) is 97.9 cm³/mol. The molecule has 0 spiro atoms. The molecule has 0 aliphatic rings. The number of benzene rings is 2. The van der Waals surface area contributed by atoms with Crippen LogP contribution in [0.1, 0.15) is 11.1 Å². The minimum absolute atomic E-state index is 0.246. The van der Waals surface area contributed by atoms with Crippen LogP contribution >= 0.6 is 15.9 Å². The number of hydrogen-bond acceptors (Lipinski definition) is 4. The van der Waals surface area contributed by atoms with Gasteiger partial charge in [-0.1, -0.05) is 34.1 Å². The van der Waals surface area contributed by atoms with E-state index in [2.05, 4.69) is 36.5 Å². The average molecular weight is 387 g/mol. The van der Waals surface area contributed by atoms with E-state index in [1.54, 1.807) is 30.5 Å². The lowest BCUT2D eigenvalue weighted by atomic mass is 10.2. The van der Waals surface area contributed by atoms with Gasteiger partial charge in [-0.25, -0.2) is 9.37 Å². The van der Waals surface area contributed by atoms with E-state index in [0.29, 0.717) is 23.9 Å². The van der Waals surface area contributed by atoms with Crippen LogP contribution in [0, 0.1) is 12.7 Å². The zero-order chi connectivity index (χ0) is 16.9. The first kappa shape index (κ1) is 16.4. The molecule has 2 N–H and O–H groups in total. The molecule has 0 aliphatic carbocycles. The number of anilines is 3. The lowest BCUT2D eigenvalue weighted by Crippen LogP contribution is -2.06. The fraction of sp³-hybridized carbons (Fsp3) is 0.111. The molecule has 24 heavy (non-hydrogen) atoms. The quantitative estimate of drug-likeness (QED) is 0.644. The average Bonchev–Trinajstić information content (AvgIpc) is 2.57. The lowest BCUT2D eigenvalue weighted by Gasteiger charge is -2.11. The third-order valence-electron chi connectivity index (χ3n) is 3.50. The summed E-state index contributed by atoms with van der Waals surface area (Å²) >= 11 is 3.45. The summed E-state index contributed by atoms with van der Waals surface area (Å²) in [5, 5.41) is 6.31. The molecule has 6 heteroatoms. The minimum atomic E-state index is -0.246. The third kappa shape index (κ3) is 4.08. The van der Waals surface area contributed by atoms with Gasteiger partial charge < -0.3 is 10.6 Å². The molecule has 3 rings (SSSR count). The van der Waals surface area contributed by atoms with E-state index in [-0.39, 0.29) is 5.82 Å². The van der Waals surface area contributed by atoms with Gasteiger partial charge in [0.2, 0.25) is 5.95 Å². The van der Waals surface area contributed by atoms with Gasteiger partial charge in [-0.05, 0) is 42.8 Å². The van der Waals surface area contributed by atoms with Crippen molar-refractivity contribution >= 4 is 33.4 Å². The predicted octanol–water partition coefficient (Wildman–Crippen LogP) is 5.04. The van der Waals surface area contributed by atoms with E-state index < -0.39 is 0 Å². The molecule has 3 aromatic rings. The maximum Gasteiger partial charge on any atom is 0.224 e. The molecule has 0 amide bonds. The Morgan fingerprint density at radius 3 is 2.75 bits per heavy atom. The van der Waals surface area contributed by atoms with Crippen LogP contribution in [0.25, 0.3) is 0 Å². The minimum Gasteiger partial charge on any atom is -0.350 e. The summed E-state index contributed by atoms with van der Waals surface area (Å²) in [7, 11) is 0. The van der Waals surface area contributed by atoms with Gasteiger partial charge >= 0.3 is 0 Å². The highest BCUT2D eigenvalue weighted by Gasteiger charge is 2.04. The van der Waals surface area contributed by atoms with Crippen molar-refractivity contribution in [1.29, 1.82) is 0 Å². The van der Waals surface area contributed by atoms with Crippen molar-refractivity contribution in [2.45, 2.75) is 13.5 Å².